The summed E-state index contributed by atoms with van der Waals surface area (Å²) in [5.41, 5.74) is 0.790. The highest BCUT2D eigenvalue weighted by Gasteiger charge is 2.34. The molecule has 2 aromatic rings. The Bertz CT molecular complexity index is 836. The Morgan fingerprint density at radius 1 is 1.22 bits per heavy atom. The number of rotatable bonds is 3. The number of benzene rings is 1. The summed E-state index contributed by atoms with van der Waals surface area (Å²) in [7, 11) is 0. The van der Waals surface area contributed by atoms with Crippen molar-refractivity contribution in [2.45, 2.75) is 25.9 Å². The lowest BCUT2D eigenvalue weighted by molar-refractivity contribution is -0.141. The number of hydrogen-bond acceptors (Lipinski definition) is 4. The second kappa shape index (κ2) is 7.84. The number of amides is 1. The quantitative estimate of drug-likeness (QED) is 0.763. The van der Waals surface area contributed by atoms with Gasteiger partial charge in [0.2, 0.25) is 5.91 Å². The lowest BCUT2D eigenvalue weighted by Crippen LogP contribution is -2.38. The maximum Gasteiger partial charge on any atom is 0.433 e. The third-order valence-electron chi connectivity index (χ3n) is 4.56. The molecule has 0 spiro atoms. The first-order valence-corrected chi connectivity index (χ1v) is 9.24. The van der Waals surface area contributed by atoms with Crippen LogP contribution in [0.3, 0.4) is 0 Å². The Hall–Kier alpha value is -2.16. The fraction of sp³-hybridized carbons (Fsp3) is 0.389. The van der Waals surface area contributed by atoms with Gasteiger partial charge in [0.25, 0.3) is 0 Å². The molecule has 2 heterocycles. The van der Waals surface area contributed by atoms with Crippen LogP contribution in [-0.4, -0.2) is 29.0 Å². The van der Waals surface area contributed by atoms with Gasteiger partial charge in [0.05, 0.1) is 0 Å². The summed E-state index contributed by atoms with van der Waals surface area (Å²) < 4.78 is 39.4. The average molecular weight is 443 g/mol. The number of nitrogens with one attached hydrogen (secondary N) is 1. The molecule has 0 radical (unpaired) electrons. The highest BCUT2D eigenvalue weighted by Crippen LogP contribution is 2.30. The second-order valence-corrected chi connectivity index (χ2v) is 7.33. The van der Waals surface area contributed by atoms with Gasteiger partial charge in [0, 0.05) is 35.2 Å². The lowest BCUT2D eigenvalue weighted by atomic mass is 9.95. The van der Waals surface area contributed by atoms with Gasteiger partial charge in [-0.15, -0.1) is 0 Å². The number of hydrogen-bond donors (Lipinski definition) is 1. The molecule has 3 rings (SSSR count). The van der Waals surface area contributed by atoms with E-state index in [0.29, 0.717) is 25.9 Å². The zero-order chi connectivity index (χ0) is 19.6. The van der Waals surface area contributed by atoms with Gasteiger partial charge in [0.15, 0.2) is 0 Å². The Kier molecular flexibility index (Phi) is 5.69. The van der Waals surface area contributed by atoms with Crippen molar-refractivity contribution in [2.24, 2.45) is 5.92 Å². The molecule has 27 heavy (non-hydrogen) atoms. The summed E-state index contributed by atoms with van der Waals surface area (Å²) in [5, 5.41) is 2.91. The minimum Gasteiger partial charge on any atom is -0.356 e. The van der Waals surface area contributed by atoms with Crippen molar-refractivity contribution in [3.8, 4) is 0 Å². The Morgan fingerprint density at radius 3 is 2.56 bits per heavy atom. The van der Waals surface area contributed by atoms with Gasteiger partial charge in [-0.05, 0) is 43.5 Å². The number of nitrogens with zero attached hydrogens (tertiary/aromatic N) is 3. The number of aromatic nitrogens is 2. The van der Waals surface area contributed by atoms with Crippen LogP contribution in [0.4, 0.5) is 24.7 Å². The van der Waals surface area contributed by atoms with Crippen LogP contribution in [0.25, 0.3) is 0 Å². The molecule has 1 aliphatic rings. The molecule has 1 fully saturated rings. The molecular weight excluding hydrogens is 425 g/mol. The highest BCUT2D eigenvalue weighted by molar-refractivity contribution is 9.10. The smallest absolute Gasteiger partial charge is 0.356 e. The minimum absolute atomic E-state index is 0.0740. The van der Waals surface area contributed by atoms with Crippen LogP contribution >= 0.6 is 15.9 Å². The summed E-state index contributed by atoms with van der Waals surface area (Å²) in [4.78, 5) is 21.5. The molecular formula is C18H18BrF3N4O. The molecule has 1 aromatic carbocycles. The summed E-state index contributed by atoms with van der Waals surface area (Å²) in [6.45, 7) is 2.87. The van der Waals surface area contributed by atoms with Gasteiger partial charge in [-0.3, -0.25) is 4.79 Å². The number of piperidine rings is 1. The number of alkyl halides is 3. The Morgan fingerprint density at radius 2 is 1.93 bits per heavy atom. The van der Waals surface area contributed by atoms with E-state index in [2.05, 4.69) is 31.2 Å². The highest BCUT2D eigenvalue weighted by atomic mass is 79.9. The summed E-state index contributed by atoms with van der Waals surface area (Å²) in [5.74, 6) is -0.0242. The standard InChI is InChI=1S/C18H18BrF3N4O/c1-11-8-13(2-3-14(11)19)25-17(27)12-4-6-26(7-5-12)16-9-15(18(20,21)22)23-10-24-16/h2-3,8-10,12H,4-7H2,1H3,(H,25,27). The number of anilines is 2. The zero-order valence-corrected chi connectivity index (χ0v) is 16.1. The van der Waals surface area contributed by atoms with E-state index < -0.39 is 11.9 Å². The van der Waals surface area contributed by atoms with Crippen molar-refractivity contribution in [3.05, 3.63) is 46.3 Å². The molecule has 0 aliphatic carbocycles. The van der Waals surface area contributed by atoms with E-state index in [1.54, 1.807) is 4.90 Å². The van der Waals surface area contributed by atoms with Crippen molar-refractivity contribution in [1.82, 2.24) is 9.97 Å². The monoisotopic (exact) mass is 442 g/mol. The average Bonchev–Trinajstić information content (AvgIpc) is 2.64. The number of carbonyl (C=O) groups is 1. The van der Waals surface area contributed by atoms with Gasteiger partial charge in [-0.2, -0.15) is 13.2 Å². The molecule has 9 heteroatoms. The topological polar surface area (TPSA) is 58.1 Å². The SMILES string of the molecule is Cc1cc(NC(=O)C2CCN(c3cc(C(F)(F)F)ncn3)CC2)ccc1Br. The third-order valence-corrected chi connectivity index (χ3v) is 5.45. The van der Waals surface area contributed by atoms with Gasteiger partial charge < -0.3 is 10.2 Å². The first-order valence-electron chi connectivity index (χ1n) is 8.45. The van der Waals surface area contributed by atoms with Crippen molar-refractivity contribution < 1.29 is 18.0 Å². The van der Waals surface area contributed by atoms with Gasteiger partial charge >= 0.3 is 6.18 Å². The number of halogens is 4. The summed E-state index contributed by atoms with van der Waals surface area (Å²) >= 11 is 3.42. The minimum atomic E-state index is -4.50. The molecule has 144 valence electrons. The second-order valence-electron chi connectivity index (χ2n) is 6.47. The van der Waals surface area contributed by atoms with E-state index >= 15 is 0 Å². The predicted octanol–water partition coefficient (Wildman–Crippen LogP) is 4.42. The van der Waals surface area contributed by atoms with Gasteiger partial charge in [-0.25, -0.2) is 9.97 Å². The van der Waals surface area contributed by atoms with E-state index in [1.165, 1.54) is 0 Å². The van der Waals surface area contributed by atoms with Crippen molar-refractivity contribution in [2.75, 3.05) is 23.3 Å². The van der Waals surface area contributed by atoms with E-state index in [-0.39, 0.29) is 17.6 Å². The fourth-order valence-electron chi connectivity index (χ4n) is 3.01. The van der Waals surface area contributed by atoms with E-state index in [9.17, 15) is 18.0 Å². The van der Waals surface area contributed by atoms with Crippen molar-refractivity contribution in [3.63, 3.8) is 0 Å². The molecule has 1 amide bonds. The predicted molar refractivity (Wildman–Crippen MR) is 99.5 cm³/mol. The molecule has 5 nitrogen and oxygen atoms in total. The van der Waals surface area contributed by atoms with Gasteiger partial charge in [0.1, 0.15) is 17.8 Å². The summed E-state index contributed by atoms with van der Waals surface area (Å²) in [6, 6.07) is 6.53. The largest absolute Gasteiger partial charge is 0.433 e. The Balaban J connectivity index is 1.60. The number of aryl methyl sites for hydroxylation is 1. The normalized spacial score (nSPS) is 15.7. The molecule has 0 atom stereocenters. The van der Waals surface area contributed by atoms with Crippen LogP contribution in [0.2, 0.25) is 0 Å². The first kappa shape index (κ1) is 19.6. The van der Waals surface area contributed by atoms with Crippen LogP contribution < -0.4 is 10.2 Å². The van der Waals surface area contributed by atoms with E-state index in [1.807, 2.05) is 25.1 Å². The maximum atomic E-state index is 12.8. The molecule has 0 saturated carbocycles. The van der Waals surface area contributed by atoms with Crippen LogP contribution in [0.1, 0.15) is 24.1 Å². The third kappa shape index (κ3) is 4.77. The van der Waals surface area contributed by atoms with Crippen LogP contribution in [-0.2, 0) is 11.0 Å². The fourth-order valence-corrected chi connectivity index (χ4v) is 3.26. The molecule has 1 saturated heterocycles. The zero-order valence-electron chi connectivity index (χ0n) is 14.6. The van der Waals surface area contributed by atoms with Crippen LogP contribution in [0.5, 0.6) is 0 Å². The molecule has 0 unspecified atom stereocenters. The van der Waals surface area contributed by atoms with Crippen LogP contribution in [0, 0.1) is 12.8 Å². The van der Waals surface area contributed by atoms with Crippen molar-refractivity contribution in [1.29, 1.82) is 0 Å². The molecule has 1 N–H and O–H groups in total. The molecule has 1 aromatic heterocycles. The number of carbonyl (C=O) groups excluding carboxylic acids is 1. The maximum absolute atomic E-state index is 12.8. The Labute approximate surface area is 163 Å². The first-order chi connectivity index (χ1) is 12.7. The van der Waals surface area contributed by atoms with E-state index in [0.717, 1.165) is 28.1 Å². The van der Waals surface area contributed by atoms with Crippen LogP contribution in [0.15, 0.2) is 35.1 Å². The summed E-state index contributed by atoms with van der Waals surface area (Å²) in [6.07, 6.45) is -2.48. The van der Waals surface area contributed by atoms with Crippen molar-refractivity contribution >= 4 is 33.3 Å². The van der Waals surface area contributed by atoms with Gasteiger partial charge in [-0.1, -0.05) is 15.9 Å². The lowest BCUT2D eigenvalue weighted by Gasteiger charge is -2.32. The molecule has 0 bridgehead atoms. The van der Waals surface area contributed by atoms with E-state index in [4.69, 9.17) is 0 Å². The molecule has 1 aliphatic heterocycles.